The van der Waals surface area contributed by atoms with E-state index in [-0.39, 0.29) is 5.91 Å². The first kappa shape index (κ1) is 17.5. The monoisotopic (exact) mass is 337 g/mol. The van der Waals surface area contributed by atoms with Crippen molar-refractivity contribution in [2.45, 2.75) is 51.6 Å². The number of carbonyl (C=O) groups excluding carboxylic acids is 1. The van der Waals surface area contributed by atoms with Gasteiger partial charge in [-0.15, -0.1) is 0 Å². The summed E-state index contributed by atoms with van der Waals surface area (Å²) in [6.07, 6.45) is 6.06. The largest absolute Gasteiger partial charge is 0.481 e. The molecule has 0 aromatic heterocycles. The van der Waals surface area contributed by atoms with Gasteiger partial charge in [-0.1, -0.05) is 42.5 Å². The molecule has 0 spiro atoms. The van der Waals surface area contributed by atoms with Crippen molar-refractivity contribution in [1.29, 1.82) is 0 Å². The number of carbonyl (C=O) groups is 1. The van der Waals surface area contributed by atoms with E-state index in [1.54, 1.807) is 0 Å². The van der Waals surface area contributed by atoms with E-state index in [1.807, 2.05) is 37.3 Å². The van der Waals surface area contributed by atoms with Crippen LogP contribution < -0.4 is 10.1 Å². The molecule has 1 aliphatic carbocycles. The van der Waals surface area contributed by atoms with Crippen molar-refractivity contribution in [2.75, 3.05) is 6.54 Å². The third-order valence-electron chi connectivity index (χ3n) is 4.81. The molecule has 3 nitrogen and oxygen atoms in total. The van der Waals surface area contributed by atoms with Gasteiger partial charge in [-0.05, 0) is 68.2 Å². The van der Waals surface area contributed by atoms with Gasteiger partial charge in [0.2, 0.25) is 0 Å². The number of ether oxygens (including phenoxy) is 1. The summed E-state index contributed by atoms with van der Waals surface area (Å²) in [7, 11) is 0. The molecule has 0 aliphatic heterocycles. The Morgan fingerprint density at radius 1 is 1.08 bits per heavy atom. The van der Waals surface area contributed by atoms with Gasteiger partial charge in [0.25, 0.3) is 5.91 Å². The Kier molecular flexibility index (Phi) is 6.10. The number of hydrogen-bond acceptors (Lipinski definition) is 2. The van der Waals surface area contributed by atoms with Crippen molar-refractivity contribution in [3.63, 3.8) is 0 Å². The second-order valence-corrected chi connectivity index (χ2v) is 6.74. The fourth-order valence-corrected chi connectivity index (χ4v) is 3.39. The number of benzene rings is 2. The van der Waals surface area contributed by atoms with Gasteiger partial charge in [-0.3, -0.25) is 4.79 Å². The molecular formula is C22H27NO2. The minimum absolute atomic E-state index is 0.0403. The summed E-state index contributed by atoms with van der Waals surface area (Å²) < 4.78 is 5.98. The summed E-state index contributed by atoms with van der Waals surface area (Å²) in [4.78, 5) is 12.3. The number of hydrogen-bond donors (Lipinski definition) is 1. The predicted octanol–water partition coefficient (Wildman–Crippen LogP) is 4.08. The van der Waals surface area contributed by atoms with Crippen LogP contribution >= 0.6 is 0 Å². The molecular weight excluding hydrogens is 310 g/mol. The number of rotatable bonds is 7. The Hall–Kier alpha value is -2.29. The maximum atomic E-state index is 12.3. The minimum atomic E-state index is -0.467. The summed E-state index contributed by atoms with van der Waals surface area (Å²) >= 11 is 0. The van der Waals surface area contributed by atoms with E-state index in [4.69, 9.17) is 4.74 Å². The molecule has 1 amide bonds. The number of nitrogens with one attached hydrogen (secondary N) is 1. The highest BCUT2D eigenvalue weighted by atomic mass is 16.5. The van der Waals surface area contributed by atoms with Gasteiger partial charge in [0, 0.05) is 6.54 Å². The van der Waals surface area contributed by atoms with E-state index in [1.165, 1.54) is 29.5 Å². The zero-order chi connectivity index (χ0) is 17.5. The van der Waals surface area contributed by atoms with Gasteiger partial charge >= 0.3 is 0 Å². The molecule has 132 valence electrons. The first-order valence-corrected chi connectivity index (χ1v) is 9.33. The molecule has 0 unspecified atom stereocenters. The molecule has 3 heteroatoms. The molecule has 0 bridgehead atoms. The second kappa shape index (κ2) is 8.70. The first-order valence-electron chi connectivity index (χ1n) is 9.33. The summed E-state index contributed by atoms with van der Waals surface area (Å²) in [5, 5.41) is 2.99. The highest BCUT2D eigenvalue weighted by molar-refractivity contribution is 5.80. The average Bonchev–Trinajstić information content (AvgIpc) is 2.66. The normalized spacial score (nSPS) is 14.4. The summed E-state index contributed by atoms with van der Waals surface area (Å²) in [5.74, 6) is 0.839. The summed E-state index contributed by atoms with van der Waals surface area (Å²) in [5.41, 5.74) is 3.97. The fraction of sp³-hybridized carbons (Fsp3) is 0.409. The van der Waals surface area contributed by atoms with Gasteiger partial charge < -0.3 is 10.1 Å². The van der Waals surface area contributed by atoms with Crippen LogP contribution in [0, 0.1) is 0 Å². The van der Waals surface area contributed by atoms with E-state index in [0.29, 0.717) is 6.54 Å². The molecule has 2 aromatic rings. The molecule has 2 aromatic carbocycles. The SMILES string of the molecule is C[C@H](Oc1cccc2c1CCCC2)C(=O)NCCCc1ccccc1. The van der Waals surface area contributed by atoms with Gasteiger partial charge in [0.05, 0.1) is 0 Å². The molecule has 0 saturated heterocycles. The smallest absolute Gasteiger partial charge is 0.260 e. The van der Waals surface area contributed by atoms with Gasteiger partial charge in [0.15, 0.2) is 6.10 Å². The lowest BCUT2D eigenvalue weighted by Crippen LogP contribution is -2.37. The van der Waals surface area contributed by atoms with Gasteiger partial charge in [-0.2, -0.15) is 0 Å². The molecule has 1 aliphatic rings. The second-order valence-electron chi connectivity index (χ2n) is 6.74. The van der Waals surface area contributed by atoms with Crippen LogP contribution in [0.1, 0.15) is 42.9 Å². The van der Waals surface area contributed by atoms with Crippen LogP contribution in [0.25, 0.3) is 0 Å². The van der Waals surface area contributed by atoms with Crippen molar-refractivity contribution in [3.05, 3.63) is 65.2 Å². The molecule has 0 radical (unpaired) electrons. The minimum Gasteiger partial charge on any atom is -0.481 e. The van der Waals surface area contributed by atoms with Crippen LogP contribution in [0.3, 0.4) is 0 Å². The Balaban J connectivity index is 1.46. The number of fused-ring (bicyclic) bond motifs is 1. The summed E-state index contributed by atoms with van der Waals surface area (Å²) in [6.45, 7) is 2.50. The zero-order valence-electron chi connectivity index (χ0n) is 15.0. The maximum Gasteiger partial charge on any atom is 0.260 e. The highest BCUT2D eigenvalue weighted by Crippen LogP contribution is 2.30. The van der Waals surface area contributed by atoms with E-state index < -0.39 is 6.10 Å². The lowest BCUT2D eigenvalue weighted by molar-refractivity contribution is -0.127. The molecule has 0 fully saturated rings. The van der Waals surface area contributed by atoms with Crippen LogP contribution in [0.15, 0.2) is 48.5 Å². The van der Waals surface area contributed by atoms with Crippen LogP contribution in [0.5, 0.6) is 5.75 Å². The number of amides is 1. The van der Waals surface area contributed by atoms with Crippen LogP contribution in [-0.2, 0) is 24.1 Å². The number of aryl methyl sites for hydroxylation is 2. The van der Waals surface area contributed by atoms with E-state index in [2.05, 4.69) is 23.5 Å². The summed E-state index contributed by atoms with van der Waals surface area (Å²) in [6, 6.07) is 16.5. The van der Waals surface area contributed by atoms with E-state index in [9.17, 15) is 4.79 Å². The Morgan fingerprint density at radius 2 is 1.88 bits per heavy atom. The molecule has 1 atom stereocenters. The molecule has 1 N–H and O–H groups in total. The Labute approximate surface area is 150 Å². The van der Waals surface area contributed by atoms with Crippen molar-refractivity contribution in [3.8, 4) is 5.75 Å². The Bertz CT molecular complexity index is 696. The quantitative estimate of drug-likeness (QED) is 0.773. The van der Waals surface area contributed by atoms with Gasteiger partial charge in [0.1, 0.15) is 5.75 Å². The van der Waals surface area contributed by atoms with Crippen LogP contribution in [0.4, 0.5) is 0 Å². The van der Waals surface area contributed by atoms with Crippen molar-refractivity contribution in [1.82, 2.24) is 5.32 Å². The standard InChI is InChI=1S/C22H27NO2/c1-17(22(24)23-16-8-11-18-9-3-2-4-10-18)25-21-15-7-13-19-12-5-6-14-20(19)21/h2-4,7,9-10,13,15,17H,5-6,8,11-12,14,16H2,1H3,(H,23,24)/t17-/m0/s1. The molecule has 25 heavy (non-hydrogen) atoms. The van der Waals surface area contributed by atoms with E-state index >= 15 is 0 Å². The van der Waals surface area contributed by atoms with Gasteiger partial charge in [-0.25, -0.2) is 0 Å². The zero-order valence-corrected chi connectivity index (χ0v) is 15.0. The van der Waals surface area contributed by atoms with Crippen molar-refractivity contribution < 1.29 is 9.53 Å². The fourth-order valence-electron chi connectivity index (χ4n) is 3.39. The highest BCUT2D eigenvalue weighted by Gasteiger charge is 2.19. The van der Waals surface area contributed by atoms with Crippen LogP contribution in [-0.4, -0.2) is 18.6 Å². The lowest BCUT2D eigenvalue weighted by Gasteiger charge is -2.22. The molecule has 0 saturated carbocycles. The first-order chi connectivity index (χ1) is 12.2. The van der Waals surface area contributed by atoms with Crippen molar-refractivity contribution >= 4 is 5.91 Å². The third kappa shape index (κ3) is 4.85. The Morgan fingerprint density at radius 3 is 2.72 bits per heavy atom. The predicted molar refractivity (Wildman–Crippen MR) is 101 cm³/mol. The topological polar surface area (TPSA) is 38.3 Å². The van der Waals surface area contributed by atoms with Crippen LogP contribution in [0.2, 0.25) is 0 Å². The molecule has 0 heterocycles. The molecule has 3 rings (SSSR count). The van der Waals surface area contributed by atoms with E-state index in [0.717, 1.165) is 31.4 Å². The lowest BCUT2D eigenvalue weighted by atomic mass is 9.91. The third-order valence-corrected chi connectivity index (χ3v) is 4.81. The maximum absolute atomic E-state index is 12.3. The average molecular weight is 337 g/mol. The van der Waals surface area contributed by atoms with Crippen molar-refractivity contribution in [2.24, 2.45) is 0 Å².